The molecule has 0 fully saturated rings. The molecule has 0 saturated carbocycles. The molecule has 0 unspecified atom stereocenters. The summed E-state index contributed by atoms with van der Waals surface area (Å²) in [6.07, 6.45) is 0. The summed E-state index contributed by atoms with van der Waals surface area (Å²) in [5, 5.41) is 5.10. The molecule has 0 bridgehead atoms. The molecule has 0 atom stereocenters. The van der Waals surface area contributed by atoms with Crippen molar-refractivity contribution in [3.63, 3.8) is 0 Å². The van der Waals surface area contributed by atoms with Crippen LogP contribution in [-0.2, 0) is 21.4 Å². The normalized spacial score (nSPS) is 11.4. The Kier molecular flexibility index (Phi) is 6.70. The highest BCUT2D eigenvalue weighted by Crippen LogP contribution is 2.27. The zero-order chi connectivity index (χ0) is 24.3. The van der Waals surface area contributed by atoms with Crippen LogP contribution in [0, 0.1) is 20.8 Å². The molecule has 4 aromatic rings. The van der Waals surface area contributed by atoms with E-state index in [2.05, 4.69) is 5.32 Å². The SMILES string of the molecule is Cc1ccc(S(=O)(=O)N(CC(=O)NCc2ccc3ccccc3c2)c2ccc(C)cc2C)cc1. The fourth-order valence-corrected chi connectivity index (χ4v) is 5.44. The second-order valence-corrected chi connectivity index (χ2v) is 10.4. The molecule has 0 aliphatic heterocycles. The minimum absolute atomic E-state index is 0.153. The van der Waals surface area contributed by atoms with Gasteiger partial charge in [0.1, 0.15) is 6.54 Å². The van der Waals surface area contributed by atoms with Gasteiger partial charge in [0.15, 0.2) is 0 Å². The average molecular weight is 473 g/mol. The standard InChI is InChI=1S/C28H28N2O3S/c1-20-8-13-26(14-9-20)34(32,33)30(27-15-10-21(2)16-22(27)3)19-28(31)29-18-23-11-12-24-6-4-5-7-25(24)17-23/h4-17H,18-19H2,1-3H3,(H,29,31). The number of nitrogens with zero attached hydrogens (tertiary/aromatic N) is 1. The van der Waals surface area contributed by atoms with E-state index in [4.69, 9.17) is 0 Å². The number of sulfonamides is 1. The van der Waals surface area contributed by atoms with Crippen LogP contribution >= 0.6 is 0 Å². The number of hydrogen-bond donors (Lipinski definition) is 1. The van der Waals surface area contributed by atoms with Crippen LogP contribution in [0.4, 0.5) is 5.69 Å². The number of amides is 1. The maximum atomic E-state index is 13.6. The lowest BCUT2D eigenvalue weighted by Crippen LogP contribution is -2.41. The van der Waals surface area contributed by atoms with Crippen LogP contribution in [0.1, 0.15) is 22.3 Å². The maximum Gasteiger partial charge on any atom is 0.264 e. The van der Waals surface area contributed by atoms with E-state index in [1.54, 1.807) is 30.3 Å². The van der Waals surface area contributed by atoms with Crippen molar-refractivity contribution in [3.05, 3.63) is 107 Å². The van der Waals surface area contributed by atoms with E-state index >= 15 is 0 Å². The van der Waals surface area contributed by atoms with Gasteiger partial charge in [0, 0.05) is 6.54 Å². The Labute approximate surface area is 201 Å². The Bertz CT molecular complexity index is 1440. The van der Waals surface area contributed by atoms with E-state index < -0.39 is 10.0 Å². The number of fused-ring (bicyclic) bond motifs is 1. The molecular formula is C28H28N2O3S. The molecule has 0 aromatic heterocycles. The van der Waals surface area contributed by atoms with Gasteiger partial charge in [-0.05, 0) is 66.9 Å². The maximum absolute atomic E-state index is 13.6. The summed E-state index contributed by atoms with van der Waals surface area (Å²) in [7, 11) is -3.94. The van der Waals surface area contributed by atoms with Crippen LogP contribution in [-0.4, -0.2) is 20.9 Å². The molecule has 5 nitrogen and oxygen atoms in total. The van der Waals surface area contributed by atoms with Crippen LogP contribution in [0.2, 0.25) is 0 Å². The molecule has 174 valence electrons. The fraction of sp³-hybridized carbons (Fsp3) is 0.179. The van der Waals surface area contributed by atoms with Crippen molar-refractivity contribution in [2.24, 2.45) is 0 Å². The molecule has 0 aliphatic carbocycles. The van der Waals surface area contributed by atoms with E-state index in [0.717, 1.165) is 33.0 Å². The van der Waals surface area contributed by atoms with Crippen molar-refractivity contribution in [1.82, 2.24) is 5.32 Å². The van der Waals surface area contributed by atoms with Crippen LogP contribution < -0.4 is 9.62 Å². The van der Waals surface area contributed by atoms with E-state index in [0.29, 0.717) is 12.2 Å². The molecule has 0 aliphatic rings. The van der Waals surface area contributed by atoms with Gasteiger partial charge in [-0.1, -0.05) is 71.8 Å². The highest BCUT2D eigenvalue weighted by Gasteiger charge is 2.28. The molecule has 4 rings (SSSR count). The lowest BCUT2D eigenvalue weighted by molar-refractivity contribution is -0.119. The van der Waals surface area contributed by atoms with Gasteiger partial charge in [-0.2, -0.15) is 0 Å². The smallest absolute Gasteiger partial charge is 0.264 e. The summed E-state index contributed by atoms with van der Waals surface area (Å²) in [5.41, 5.74) is 4.22. The van der Waals surface area contributed by atoms with Crippen molar-refractivity contribution < 1.29 is 13.2 Å². The van der Waals surface area contributed by atoms with Gasteiger partial charge < -0.3 is 5.32 Å². The second-order valence-electron chi connectivity index (χ2n) is 8.57. The summed E-state index contributed by atoms with van der Waals surface area (Å²) in [4.78, 5) is 13.1. The number of rotatable bonds is 7. The molecule has 0 radical (unpaired) electrons. The number of benzene rings is 4. The number of anilines is 1. The summed E-state index contributed by atoms with van der Waals surface area (Å²) in [5.74, 6) is -0.371. The van der Waals surface area contributed by atoms with E-state index in [9.17, 15) is 13.2 Å². The third-order valence-corrected chi connectivity index (χ3v) is 7.59. The Balaban J connectivity index is 1.59. The van der Waals surface area contributed by atoms with E-state index in [-0.39, 0.29) is 17.3 Å². The monoisotopic (exact) mass is 472 g/mol. The van der Waals surface area contributed by atoms with Crippen molar-refractivity contribution in [1.29, 1.82) is 0 Å². The predicted octanol–water partition coefficient (Wildman–Crippen LogP) is 5.28. The molecule has 34 heavy (non-hydrogen) atoms. The van der Waals surface area contributed by atoms with Gasteiger partial charge in [0.2, 0.25) is 5.91 Å². The molecule has 6 heteroatoms. The molecular weight excluding hydrogens is 444 g/mol. The van der Waals surface area contributed by atoms with E-state index in [1.807, 2.05) is 75.4 Å². The van der Waals surface area contributed by atoms with Gasteiger partial charge in [0.25, 0.3) is 10.0 Å². The van der Waals surface area contributed by atoms with Gasteiger partial charge in [0.05, 0.1) is 10.6 Å². The number of nitrogens with one attached hydrogen (secondary N) is 1. The number of hydrogen-bond acceptors (Lipinski definition) is 3. The summed E-state index contributed by atoms with van der Waals surface area (Å²) >= 11 is 0. The first-order chi connectivity index (χ1) is 16.2. The Hall–Kier alpha value is -3.64. The molecule has 0 saturated heterocycles. The minimum atomic E-state index is -3.94. The first-order valence-corrected chi connectivity index (χ1v) is 12.6. The molecule has 0 spiro atoms. The fourth-order valence-electron chi connectivity index (χ4n) is 3.96. The molecule has 1 amide bonds. The van der Waals surface area contributed by atoms with Crippen molar-refractivity contribution >= 4 is 32.4 Å². The van der Waals surface area contributed by atoms with Crippen LogP contribution in [0.15, 0.2) is 89.8 Å². The lowest BCUT2D eigenvalue weighted by Gasteiger charge is -2.26. The van der Waals surface area contributed by atoms with Crippen molar-refractivity contribution in [3.8, 4) is 0 Å². The van der Waals surface area contributed by atoms with Crippen LogP contribution in [0.5, 0.6) is 0 Å². The first-order valence-electron chi connectivity index (χ1n) is 11.1. The third kappa shape index (κ3) is 5.13. The molecule has 1 N–H and O–H groups in total. The van der Waals surface area contributed by atoms with Gasteiger partial charge >= 0.3 is 0 Å². The second kappa shape index (κ2) is 9.69. The largest absolute Gasteiger partial charge is 0.350 e. The quantitative estimate of drug-likeness (QED) is 0.398. The number of aryl methyl sites for hydroxylation is 3. The van der Waals surface area contributed by atoms with Crippen LogP contribution in [0.3, 0.4) is 0 Å². The Morgan fingerprint density at radius 1 is 0.794 bits per heavy atom. The van der Waals surface area contributed by atoms with Gasteiger partial charge in [-0.3, -0.25) is 9.10 Å². The summed E-state index contributed by atoms with van der Waals surface area (Å²) in [6, 6.07) is 26.2. The van der Waals surface area contributed by atoms with Crippen molar-refractivity contribution in [2.45, 2.75) is 32.2 Å². The van der Waals surface area contributed by atoms with Crippen molar-refractivity contribution in [2.75, 3.05) is 10.8 Å². The predicted molar refractivity (Wildman–Crippen MR) is 137 cm³/mol. The zero-order valence-electron chi connectivity index (χ0n) is 19.6. The lowest BCUT2D eigenvalue weighted by atomic mass is 10.1. The van der Waals surface area contributed by atoms with Gasteiger partial charge in [-0.15, -0.1) is 0 Å². The Morgan fingerprint density at radius 3 is 2.18 bits per heavy atom. The average Bonchev–Trinajstić information content (AvgIpc) is 2.82. The first kappa shape index (κ1) is 23.5. The number of carbonyl (C=O) groups is 1. The minimum Gasteiger partial charge on any atom is -0.350 e. The topological polar surface area (TPSA) is 66.5 Å². The summed E-state index contributed by atoms with van der Waals surface area (Å²) in [6.45, 7) is 5.71. The Morgan fingerprint density at radius 2 is 1.47 bits per heavy atom. The highest BCUT2D eigenvalue weighted by molar-refractivity contribution is 7.92. The third-order valence-electron chi connectivity index (χ3n) is 5.82. The zero-order valence-corrected chi connectivity index (χ0v) is 20.4. The molecule has 0 heterocycles. The highest BCUT2D eigenvalue weighted by atomic mass is 32.2. The van der Waals surface area contributed by atoms with Gasteiger partial charge in [-0.25, -0.2) is 8.42 Å². The summed E-state index contributed by atoms with van der Waals surface area (Å²) < 4.78 is 28.4. The van der Waals surface area contributed by atoms with Crippen LogP contribution in [0.25, 0.3) is 10.8 Å². The van der Waals surface area contributed by atoms with E-state index in [1.165, 1.54) is 4.31 Å². The molecule has 4 aromatic carbocycles. The number of carbonyl (C=O) groups excluding carboxylic acids is 1.